The minimum atomic E-state index is -0.292. The van der Waals surface area contributed by atoms with Crippen molar-refractivity contribution in [2.24, 2.45) is 0 Å². The number of ether oxygens (including phenoxy) is 3. The van der Waals surface area contributed by atoms with Crippen molar-refractivity contribution in [3.8, 4) is 17.2 Å². The summed E-state index contributed by atoms with van der Waals surface area (Å²) < 4.78 is 20.3. The van der Waals surface area contributed by atoms with Crippen LogP contribution in [0, 0.1) is 0 Å². The summed E-state index contributed by atoms with van der Waals surface area (Å²) in [5.41, 5.74) is 1.71. The van der Waals surface area contributed by atoms with Gasteiger partial charge in [-0.15, -0.1) is 0 Å². The summed E-state index contributed by atoms with van der Waals surface area (Å²) in [5, 5.41) is 7.63. The van der Waals surface area contributed by atoms with Gasteiger partial charge in [-0.3, -0.25) is 14.2 Å². The molecule has 0 unspecified atom stereocenters. The maximum Gasteiger partial charge on any atom is 0.264 e. The minimum Gasteiger partial charge on any atom is -0.490 e. The molecule has 194 valence electrons. The molecular weight excluding hydrogens is 474 g/mol. The van der Waals surface area contributed by atoms with Crippen LogP contribution in [0.15, 0.2) is 59.8 Å². The second-order valence-corrected chi connectivity index (χ2v) is 8.12. The molecular formula is C27H31N5O5. The van der Waals surface area contributed by atoms with Gasteiger partial charge in [-0.2, -0.15) is 5.10 Å². The van der Waals surface area contributed by atoms with Crippen LogP contribution in [0.1, 0.15) is 36.7 Å². The van der Waals surface area contributed by atoms with Crippen LogP contribution in [-0.2, 0) is 13.1 Å². The van der Waals surface area contributed by atoms with E-state index in [1.54, 1.807) is 21.4 Å². The number of nitrogens with one attached hydrogen (secondary N) is 1. The smallest absolute Gasteiger partial charge is 0.264 e. The molecule has 0 bridgehead atoms. The first-order chi connectivity index (χ1) is 18.0. The Balaban J connectivity index is 1.46. The van der Waals surface area contributed by atoms with E-state index in [9.17, 15) is 9.59 Å². The molecule has 0 saturated carbocycles. The fraction of sp³-hybridized carbons (Fsp3) is 0.333. The Morgan fingerprint density at radius 3 is 2.30 bits per heavy atom. The van der Waals surface area contributed by atoms with E-state index in [0.717, 1.165) is 5.56 Å². The lowest BCUT2D eigenvalue weighted by atomic mass is 10.1. The maximum atomic E-state index is 12.9. The summed E-state index contributed by atoms with van der Waals surface area (Å²) in [6, 6.07) is 13.0. The summed E-state index contributed by atoms with van der Waals surface area (Å²) in [7, 11) is 0. The van der Waals surface area contributed by atoms with Crippen LogP contribution in [-0.4, -0.2) is 51.6 Å². The number of nitrogens with zero attached hydrogens (tertiary/aromatic N) is 4. The van der Waals surface area contributed by atoms with Crippen LogP contribution in [0.5, 0.6) is 17.2 Å². The normalized spacial score (nSPS) is 10.9. The van der Waals surface area contributed by atoms with E-state index in [1.807, 2.05) is 51.1 Å². The molecule has 37 heavy (non-hydrogen) atoms. The Morgan fingerprint density at radius 2 is 1.65 bits per heavy atom. The number of fused-ring (bicyclic) bond motifs is 1. The zero-order chi connectivity index (χ0) is 26.2. The van der Waals surface area contributed by atoms with Crippen LogP contribution >= 0.6 is 0 Å². The molecule has 4 rings (SSSR count). The van der Waals surface area contributed by atoms with E-state index in [4.69, 9.17) is 14.2 Å². The minimum absolute atomic E-state index is 0.162. The largest absolute Gasteiger partial charge is 0.490 e. The first-order valence-corrected chi connectivity index (χ1v) is 12.3. The molecule has 0 aliphatic rings. The van der Waals surface area contributed by atoms with Crippen molar-refractivity contribution in [3.63, 3.8) is 0 Å². The highest BCUT2D eigenvalue weighted by Crippen LogP contribution is 2.39. The average molecular weight is 506 g/mol. The van der Waals surface area contributed by atoms with Crippen LogP contribution < -0.4 is 25.1 Å². The fourth-order valence-electron chi connectivity index (χ4n) is 3.95. The highest BCUT2D eigenvalue weighted by molar-refractivity contribution is 5.95. The quantitative estimate of drug-likeness (QED) is 0.315. The van der Waals surface area contributed by atoms with Crippen molar-refractivity contribution >= 4 is 16.9 Å². The molecule has 0 fully saturated rings. The summed E-state index contributed by atoms with van der Waals surface area (Å²) in [4.78, 5) is 30.3. The molecule has 0 spiro atoms. The highest BCUT2D eigenvalue weighted by atomic mass is 16.5. The Bertz CT molecular complexity index is 1390. The third-order valence-corrected chi connectivity index (χ3v) is 5.60. The van der Waals surface area contributed by atoms with Crippen molar-refractivity contribution in [1.29, 1.82) is 0 Å². The number of benzene rings is 2. The molecule has 1 amide bonds. The Labute approximate surface area is 214 Å². The molecule has 0 saturated heterocycles. The van der Waals surface area contributed by atoms with Crippen molar-refractivity contribution in [2.75, 3.05) is 26.4 Å². The molecule has 0 atom stereocenters. The van der Waals surface area contributed by atoms with Gasteiger partial charge in [0.1, 0.15) is 11.7 Å². The Morgan fingerprint density at radius 1 is 0.973 bits per heavy atom. The third kappa shape index (κ3) is 5.91. The van der Waals surface area contributed by atoms with E-state index in [1.165, 1.54) is 12.5 Å². The topological polar surface area (TPSA) is 110 Å². The number of amides is 1. The number of hydrogen-bond donors (Lipinski definition) is 1. The monoisotopic (exact) mass is 505 g/mol. The maximum absolute atomic E-state index is 12.9. The zero-order valence-corrected chi connectivity index (χ0v) is 21.3. The summed E-state index contributed by atoms with van der Waals surface area (Å²) >= 11 is 0. The van der Waals surface area contributed by atoms with Crippen LogP contribution in [0.4, 0.5) is 0 Å². The van der Waals surface area contributed by atoms with Gasteiger partial charge in [0, 0.05) is 12.1 Å². The lowest BCUT2D eigenvalue weighted by molar-refractivity contribution is 0.0951. The van der Waals surface area contributed by atoms with Gasteiger partial charge in [0.05, 0.1) is 39.1 Å². The van der Waals surface area contributed by atoms with E-state index in [0.29, 0.717) is 66.8 Å². The number of hydrogen-bond acceptors (Lipinski definition) is 7. The molecule has 2 heterocycles. The highest BCUT2D eigenvalue weighted by Gasteiger charge is 2.18. The number of aromatic nitrogens is 4. The molecule has 2 aromatic carbocycles. The lowest BCUT2D eigenvalue weighted by Crippen LogP contribution is -2.28. The second-order valence-electron chi connectivity index (χ2n) is 8.12. The zero-order valence-electron chi connectivity index (χ0n) is 21.3. The molecule has 0 radical (unpaired) electrons. The van der Waals surface area contributed by atoms with Crippen LogP contribution in [0.25, 0.3) is 11.0 Å². The van der Waals surface area contributed by atoms with E-state index in [-0.39, 0.29) is 18.0 Å². The molecule has 0 aliphatic heterocycles. The first-order valence-electron chi connectivity index (χ1n) is 12.3. The fourth-order valence-corrected chi connectivity index (χ4v) is 3.95. The van der Waals surface area contributed by atoms with Crippen LogP contribution in [0.3, 0.4) is 0 Å². The lowest BCUT2D eigenvalue weighted by Gasteiger charge is -2.17. The van der Waals surface area contributed by atoms with Gasteiger partial charge in [-0.25, -0.2) is 9.67 Å². The standard InChI is InChI=1S/C27H31N5O5/c1-4-35-22-14-20(15-23(36-5-2)24(22)37-6-3)26(33)28-12-13-32-25-21(16-30-32)27(34)31(18-29-25)17-19-10-8-7-9-11-19/h7-11,14-16,18H,4-6,12-13,17H2,1-3H3,(H,28,33). The van der Waals surface area contributed by atoms with E-state index < -0.39 is 0 Å². The predicted molar refractivity (Wildman–Crippen MR) is 140 cm³/mol. The van der Waals surface area contributed by atoms with E-state index >= 15 is 0 Å². The third-order valence-electron chi connectivity index (χ3n) is 5.60. The second kappa shape index (κ2) is 12.1. The molecule has 1 N–H and O–H groups in total. The summed E-state index contributed by atoms with van der Waals surface area (Å²) in [5.74, 6) is 1.10. The van der Waals surface area contributed by atoms with Gasteiger partial charge in [0.25, 0.3) is 11.5 Å². The number of carbonyl (C=O) groups is 1. The molecule has 2 aromatic heterocycles. The molecule has 4 aromatic rings. The van der Waals surface area contributed by atoms with Crippen molar-refractivity contribution < 1.29 is 19.0 Å². The SMILES string of the molecule is CCOc1cc(C(=O)NCCn2ncc3c(=O)n(Cc4ccccc4)cnc32)cc(OCC)c1OCC. The number of rotatable bonds is 12. The Hall–Kier alpha value is -4.34. The van der Waals surface area contributed by atoms with Gasteiger partial charge in [-0.05, 0) is 38.5 Å². The predicted octanol–water partition coefficient (Wildman–Crippen LogP) is 3.27. The average Bonchev–Trinajstić information content (AvgIpc) is 3.32. The van der Waals surface area contributed by atoms with Crippen molar-refractivity contribution in [2.45, 2.75) is 33.9 Å². The molecule has 10 heteroatoms. The van der Waals surface area contributed by atoms with Gasteiger partial charge in [0.2, 0.25) is 5.75 Å². The number of carbonyl (C=O) groups excluding carboxylic acids is 1. The van der Waals surface area contributed by atoms with Gasteiger partial charge in [-0.1, -0.05) is 30.3 Å². The Kier molecular flexibility index (Phi) is 8.40. The van der Waals surface area contributed by atoms with E-state index in [2.05, 4.69) is 15.4 Å². The molecule has 10 nitrogen and oxygen atoms in total. The van der Waals surface area contributed by atoms with Crippen molar-refractivity contribution in [1.82, 2.24) is 24.6 Å². The summed E-state index contributed by atoms with van der Waals surface area (Å²) in [6.07, 6.45) is 3.04. The summed E-state index contributed by atoms with van der Waals surface area (Å²) in [6.45, 7) is 7.94. The van der Waals surface area contributed by atoms with Gasteiger partial charge < -0.3 is 19.5 Å². The van der Waals surface area contributed by atoms with Gasteiger partial charge in [0.15, 0.2) is 17.1 Å². The molecule has 0 aliphatic carbocycles. The van der Waals surface area contributed by atoms with Crippen molar-refractivity contribution in [3.05, 3.63) is 76.5 Å². The van der Waals surface area contributed by atoms with Gasteiger partial charge >= 0.3 is 0 Å². The first kappa shape index (κ1) is 25.7. The van der Waals surface area contributed by atoms with Crippen LogP contribution in [0.2, 0.25) is 0 Å².